The number of carboxylic acid groups (broad SMARTS) is 1. The van der Waals surface area contributed by atoms with Crippen molar-refractivity contribution in [3.63, 3.8) is 0 Å². The standard InChI is InChI=1S/C13H25NO2/c1-10(2)12(13(15)16)9-14-8-7-11-5-3-4-6-11/h10-12,14H,3-9H2,1-2H3,(H,15,16). The zero-order valence-corrected chi connectivity index (χ0v) is 10.5. The van der Waals surface area contributed by atoms with Crippen molar-refractivity contribution in [2.75, 3.05) is 13.1 Å². The summed E-state index contributed by atoms with van der Waals surface area (Å²) in [6.07, 6.45) is 6.72. The molecule has 0 aromatic rings. The lowest BCUT2D eigenvalue weighted by Crippen LogP contribution is -2.32. The van der Waals surface area contributed by atoms with E-state index in [-0.39, 0.29) is 11.8 Å². The maximum absolute atomic E-state index is 11.0. The van der Waals surface area contributed by atoms with E-state index in [1.54, 1.807) is 0 Å². The minimum absolute atomic E-state index is 0.205. The molecule has 1 atom stereocenters. The van der Waals surface area contributed by atoms with E-state index in [4.69, 9.17) is 5.11 Å². The molecule has 1 unspecified atom stereocenters. The maximum Gasteiger partial charge on any atom is 0.308 e. The number of aliphatic carboxylic acids is 1. The van der Waals surface area contributed by atoms with Crippen LogP contribution < -0.4 is 5.32 Å². The number of hydrogen-bond donors (Lipinski definition) is 2. The van der Waals surface area contributed by atoms with Crippen molar-refractivity contribution >= 4 is 5.97 Å². The van der Waals surface area contributed by atoms with Gasteiger partial charge in [0, 0.05) is 6.54 Å². The van der Waals surface area contributed by atoms with E-state index in [2.05, 4.69) is 5.32 Å². The molecule has 1 aliphatic rings. The van der Waals surface area contributed by atoms with Crippen LogP contribution in [0, 0.1) is 17.8 Å². The molecule has 94 valence electrons. The Labute approximate surface area is 98.6 Å². The number of hydrogen-bond acceptors (Lipinski definition) is 2. The molecule has 0 spiro atoms. The third-order valence-corrected chi connectivity index (χ3v) is 3.69. The topological polar surface area (TPSA) is 49.3 Å². The third kappa shape index (κ3) is 4.52. The van der Waals surface area contributed by atoms with E-state index in [1.165, 1.54) is 32.1 Å². The van der Waals surface area contributed by atoms with E-state index in [0.717, 1.165) is 12.5 Å². The molecule has 0 aromatic heterocycles. The summed E-state index contributed by atoms with van der Waals surface area (Å²) in [5, 5.41) is 12.3. The Balaban J connectivity index is 2.10. The molecule has 0 saturated heterocycles. The third-order valence-electron chi connectivity index (χ3n) is 3.69. The molecule has 0 bridgehead atoms. The summed E-state index contributed by atoms with van der Waals surface area (Å²) in [6, 6.07) is 0. The Kier molecular flexibility index (Phi) is 5.81. The predicted octanol–water partition coefficient (Wildman–Crippen LogP) is 2.51. The Hall–Kier alpha value is -0.570. The van der Waals surface area contributed by atoms with Gasteiger partial charge >= 0.3 is 5.97 Å². The van der Waals surface area contributed by atoms with Gasteiger partial charge in [0.2, 0.25) is 0 Å². The molecule has 0 heterocycles. The van der Waals surface area contributed by atoms with Crippen molar-refractivity contribution < 1.29 is 9.90 Å². The fraction of sp³-hybridized carbons (Fsp3) is 0.923. The number of carboxylic acids is 1. The summed E-state index contributed by atoms with van der Waals surface area (Å²) in [5.74, 6) is 0.165. The zero-order chi connectivity index (χ0) is 12.0. The van der Waals surface area contributed by atoms with E-state index in [0.29, 0.717) is 6.54 Å². The van der Waals surface area contributed by atoms with Crippen LogP contribution in [0.25, 0.3) is 0 Å². The largest absolute Gasteiger partial charge is 0.481 e. The van der Waals surface area contributed by atoms with Gasteiger partial charge in [-0.3, -0.25) is 4.79 Å². The second-order valence-electron chi connectivity index (χ2n) is 5.33. The molecule has 16 heavy (non-hydrogen) atoms. The highest BCUT2D eigenvalue weighted by atomic mass is 16.4. The molecule has 3 heteroatoms. The number of rotatable bonds is 7. The number of carbonyl (C=O) groups is 1. The van der Waals surface area contributed by atoms with Gasteiger partial charge in [-0.05, 0) is 24.8 Å². The normalized spacial score (nSPS) is 19.2. The van der Waals surface area contributed by atoms with Crippen molar-refractivity contribution in [1.29, 1.82) is 0 Å². The Morgan fingerprint density at radius 2 is 2.00 bits per heavy atom. The van der Waals surface area contributed by atoms with Crippen molar-refractivity contribution in [2.45, 2.75) is 46.0 Å². The average molecular weight is 227 g/mol. The summed E-state index contributed by atoms with van der Waals surface area (Å²) in [7, 11) is 0. The van der Waals surface area contributed by atoms with Crippen LogP contribution in [0.2, 0.25) is 0 Å². The van der Waals surface area contributed by atoms with Gasteiger partial charge in [0.15, 0.2) is 0 Å². The maximum atomic E-state index is 11.0. The minimum Gasteiger partial charge on any atom is -0.481 e. The van der Waals surface area contributed by atoms with Gasteiger partial charge < -0.3 is 10.4 Å². The highest BCUT2D eigenvalue weighted by molar-refractivity contribution is 5.70. The lowest BCUT2D eigenvalue weighted by atomic mass is 9.96. The molecule has 1 aliphatic carbocycles. The summed E-state index contributed by atoms with van der Waals surface area (Å²) < 4.78 is 0. The fourth-order valence-electron chi connectivity index (χ4n) is 2.47. The lowest BCUT2D eigenvalue weighted by Gasteiger charge is -2.17. The predicted molar refractivity (Wildman–Crippen MR) is 65.4 cm³/mol. The molecule has 0 radical (unpaired) electrons. The van der Waals surface area contributed by atoms with Crippen LogP contribution in [-0.4, -0.2) is 24.2 Å². The van der Waals surface area contributed by atoms with Crippen LogP contribution in [0.5, 0.6) is 0 Å². The van der Waals surface area contributed by atoms with Gasteiger partial charge in [0.1, 0.15) is 0 Å². The molecule has 2 N–H and O–H groups in total. The number of nitrogens with one attached hydrogen (secondary N) is 1. The quantitative estimate of drug-likeness (QED) is 0.657. The van der Waals surface area contributed by atoms with Crippen molar-refractivity contribution in [3.05, 3.63) is 0 Å². The van der Waals surface area contributed by atoms with Crippen LogP contribution in [0.4, 0.5) is 0 Å². The molecule has 1 rings (SSSR count). The first-order valence-corrected chi connectivity index (χ1v) is 6.54. The summed E-state index contributed by atoms with van der Waals surface area (Å²) in [5.41, 5.74) is 0. The molecule has 0 aliphatic heterocycles. The molecule has 0 amide bonds. The lowest BCUT2D eigenvalue weighted by molar-refractivity contribution is -0.143. The summed E-state index contributed by atoms with van der Waals surface area (Å²) in [6.45, 7) is 5.52. The van der Waals surface area contributed by atoms with Gasteiger partial charge in [-0.15, -0.1) is 0 Å². The SMILES string of the molecule is CC(C)C(CNCCC1CCCC1)C(=O)O. The van der Waals surface area contributed by atoms with E-state index < -0.39 is 5.97 Å². The van der Waals surface area contributed by atoms with Gasteiger partial charge in [-0.25, -0.2) is 0 Å². The summed E-state index contributed by atoms with van der Waals surface area (Å²) in [4.78, 5) is 11.0. The van der Waals surface area contributed by atoms with E-state index in [9.17, 15) is 4.79 Å². The molecule has 1 fully saturated rings. The Morgan fingerprint density at radius 1 is 1.38 bits per heavy atom. The highest BCUT2D eigenvalue weighted by Crippen LogP contribution is 2.26. The molecular weight excluding hydrogens is 202 g/mol. The second kappa shape index (κ2) is 6.89. The van der Waals surface area contributed by atoms with Crippen molar-refractivity contribution in [3.8, 4) is 0 Å². The first-order chi connectivity index (χ1) is 7.61. The smallest absolute Gasteiger partial charge is 0.308 e. The van der Waals surface area contributed by atoms with Crippen LogP contribution in [0.3, 0.4) is 0 Å². The average Bonchev–Trinajstić information content (AvgIpc) is 2.68. The van der Waals surface area contributed by atoms with Crippen molar-refractivity contribution in [2.24, 2.45) is 17.8 Å². The monoisotopic (exact) mass is 227 g/mol. The van der Waals surface area contributed by atoms with Crippen LogP contribution in [0.15, 0.2) is 0 Å². The molecule has 1 saturated carbocycles. The molecule has 0 aromatic carbocycles. The van der Waals surface area contributed by atoms with E-state index >= 15 is 0 Å². The van der Waals surface area contributed by atoms with Crippen molar-refractivity contribution in [1.82, 2.24) is 5.32 Å². The molecule has 3 nitrogen and oxygen atoms in total. The van der Waals surface area contributed by atoms with Crippen LogP contribution in [0.1, 0.15) is 46.0 Å². The van der Waals surface area contributed by atoms with Gasteiger partial charge in [0.25, 0.3) is 0 Å². The Bertz CT molecular complexity index is 210. The van der Waals surface area contributed by atoms with Gasteiger partial charge in [-0.1, -0.05) is 39.5 Å². The van der Waals surface area contributed by atoms with Gasteiger partial charge in [0.05, 0.1) is 5.92 Å². The Morgan fingerprint density at radius 3 is 2.50 bits per heavy atom. The first-order valence-electron chi connectivity index (χ1n) is 6.54. The summed E-state index contributed by atoms with van der Waals surface area (Å²) >= 11 is 0. The second-order valence-corrected chi connectivity index (χ2v) is 5.33. The van der Waals surface area contributed by atoms with Crippen LogP contribution in [-0.2, 0) is 4.79 Å². The van der Waals surface area contributed by atoms with Gasteiger partial charge in [-0.2, -0.15) is 0 Å². The fourth-order valence-corrected chi connectivity index (χ4v) is 2.47. The minimum atomic E-state index is -0.677. The first kappa shape index (κ1) is 13.5. The van der Waals surface area contributed by atoms with E-state index in [1.807, 2.05) is 13.8 Å². The van der Waals surface area contributed by atoms with Crippen LogP contribution >= 0.6 is 0 Å². The molecular formula is C13H25NO2. The highest BCUT2D eigenvalue weighted by Gasteiger charge is 2.21. The zero-order valence-electron chi connectivity index (χ0n) is 10.5.